The minimum Gasteiger partial charge on any atom is -0.352 e. The van der Waals surface area contributed by atoms with E-state index in [-0.39, 0.29) is 17.5 Å². The smallest absolute Gasteiger partial charge is 0.276 e. The predicted octanol–water partition coefficient (Wildman–Crippen LogP) is 3.41. The van der Waals surface area contributed by atoms with Crippen molar-refractivity contribution in [2.45, 2.75) is 33.1 Å². The fourth-order valence-corrected chi connectivity index (χ4v) is 2.39. The second-order valence-electron chi connectivity index (χ2n) is 5.43. The van der Waals surface area contributed by atoms with E-state index in [0.29, 0.717) is 22.8 Å². The maximum Gasteiger partial charge on any atom is 0.276 e. The lowest BCUT2D eigenvalue weighted by molar-refractivity contribution is 0.0954. The number of benzene rings is 1. The molecule has 1 heterocycles. The Morgan fingerprint density at radius 1 is 1.17 bits per heavy atom. The summed E-state index contributed by atoms with van der Waals surface area (Å²) in [7, 11) is 0. The highest BCUT2D eigenvalue weighted by Crippen LogP contribution is 2.22. The average molecular weight is 349 g/mol. The molecular formula is C17H21ClN4O2. The SMILES string of the molecule is CCCNC(=O)c1ccc(Cl)cc1NC(=O)c1cc(CCC)[nH]n1. The molecule has 2 rings (SSSR count). The van der Waals surface area contributed by atoms with E-state index in [9.17, 15) is 9.59 Å². The first-order chi connectivity index (χ1) is 11.5. The Bertz CT molecular complexity index is 727. The third-order valence-electron chi connectivity index (χ3n) is 3.39. The molecule has 24 heavy (non-hydrogen) atoms. The number of hydrogen-bond acceptors (Lipinski definition) is 3. The number of anilines is 1. The van der Waals surface area contributed by atoms with Crippen molar-refractivity contribution >= 4 is 29.1 Å². The van der Waals surface area contributed by atoms with Gasteiger partial charge in [0.25, 0.3) is 11.8 Å². The highest BCUT2D eigenvalue weighted by molar-refractivity contribution is 6.31. The van der Waals surface area contributed by atoms with Crippen LogP contribution in [0, 0.1) is 0 Å². The van der Waals surface area contributed by atoms with Gasteiger partial charge in [0.2, 0.25) is 0 Å². The molecule has 1 aromatic carbocycles. The Balaban J connectivity index is 2.19. The summed E-state index contributed by atoms with van der Waals surface area (Å²) in [5, 5.41) is 12.8. The molecule has 0 radical (unpaired) electrons. The second-order valence-corrected chi connectivity index (χ2v) is 5.86. The van der Waals surface area contributed by atoms with Gasteiger partial charge in [-0.3, -0.25) is 14.7 Å². The molecule has 0 aliphatic heterocycles. The number of carbonyl (C=O) groups is 2. The van der Waals surface area contributed by atoms with Gasteiger partial charge in [-0.25, -0.2) is 0 Å². The van der Waals surface area contributed by atoms with Crippen molar-refractivity contribution in [1.82, 2.24) is 15.5 Å². The van der Waals surface area contributed by atoms with Gasteiger partial charge >= 0.3 is 0 Å². The van der Waals surface area contributed by atoms with Gasteiger partial charge < -0.3 is 10.6 Å². The van der Waals surface area contributed by atoms with Crippen LogP contribution < -0.4 is 10.6 Å². The van der Waals surface area contributed by atoms with Crippen LogP contribution in [-0.2, 0) is 6.42 Å². The number of rotatable bonds is 7. The quantitative estimate of drug-likeness (QED) is 0.716. The Labute approximate surface area is 146 Å². The fourth-order valence-electron chi connectivity index (χ4n) is 2.21. The van der Waals surface area contributed by atoms with Gasteiger partial charge in [0, 0.05) is 17.3 Å². The van der Waals surface area contributed by atoms with Crippen molar-refractivity contribution in [3.63, 3.8) is 0 Å². The molecule has 6 nitrogen and oxygen atoms in total. The zero-order chi connectivity index (χ0) is 17.5. The number of H-pyrrole nitrogens is 1. The lowest BCUT2D eigenvalue weighted by atomic mass is 10.1. The minimum absolute atomic E-state index is 0.252. The second kappa shape index (κ2) is 8.49. The number of nitrogens with one attached hydrogen (secondary N) is 3. The lowest BCUT2D eigenvalue weighted by Gasteiger charge is -2.11. The van der Waals surface area contributed by atoms with Crippen LogP contribution in [0.5, 0.6) is 0 Å². The molecule has 0 aliphatic rings. The maximum atomic E-state index is 12.4. The number of carbonyl (C=O) groups excluding carboxylic acids is 2. The highest BCUT2D eigenvalue weighted by Gasteiger charge is 2.16. The molecule has 0 bridgehead atoms. The Morgan fingerprint density at radius 3 is 2.67 bits per heavy atom. The number of aromatic nitrogens is 2. The summed E-state index contributed by atoms with van der Waals surface area (Å²) in [6, 6.07) is 6.47. The van der Waals surface area contributed by atoms with Gasteiger partial charge in [0.1, 0.15) is 0 Å². The third-order valence-corrected chi connectivity index (χ3v) is 3.63. The first-order valence-corrected chi connectivity index (χ1v) is 8.36. The van der Waals surface area contributed by atoms with E-state index in [1.54, 1.807) is 24.3 Å². The van der Waals surface area contributed by atoms with E-state index in [2.05, 4.69) is 20.8 Å². The largest absolute Gasteiger partial charge is 0.352 e. The van der Waals surface area contributed by atoms with Crippen molar-refractivity contribution < 1.29 is 9.59 Å². The Morgan fingerprint density at radius 2 is 1.96 bits per heavy atom. The van der Waals surface area contributed by atoms with E-state index in [4.69, 9.17) is 11.6 Å². The zero-order valence-electron chi connectivity index (χ0n) is 13.8. The number of aryl methyl sites for hydroxylation is 1. The summed E-state index contributed by atoms with van der Waals surface area (Å²) >= 11 is 6.00. The van der Waals surface area contributed by atoms with Gasteiger partial charge in [0.05, 0.1) is 11.3 Å². The molecule has 0 fully saturated rings. The van der Waals surface area contributed by atoms with Crippen LogP contribution >= 0.6 is 11.6 Å². The number of nitrogens with zero attached hydrogens (tertiary/aromatic N) is 1. The van der Waals surface area contributed by atoms with E-state index < -0.39 is 0 Å². The molecule has 2 amide bonds. The van der Waals surface area contributed by atoms with Gasteiger partial charge in [-0.05, 0) is 37.1 Å². The first-order valence-electron chi connectivity index (χ1n) is 7.98. The van der Waals surface area contributed by atoms with Crippen LogP contribution in [-0.4, -0.2) is 28.6 Å². The summed E-state index contributed by atoms with van der Waals surface area (Å²) in [5.41, 5.74) is 1.90. The fraction of sp³-hybridized carbons (Fsp3) is 0.353. The van der Waals surface area contributed by atoms with Crippen molar-refractivity contribution in [3.8, 4) is 0 Å². The van der Waals surface area contributed by atoms with Gasteiger partial charge in [0.15, 0.2) is 5.69 Å². The molecule has 0 unspecified atom stereocenters. The Kier molecular flexibility index (Phi) is 6.37. The van der Waals surface area contributed by atoms with E-state index in [1.165, 1.54) is 0 Å². The Hall–Kier alpha value is -2.34. The van der Waals surface area contributed by atoms with Gasteiger partial charge in [-0.15, -0.1) is 0 Å². The number of hydrogen-bond donors (Lipinski definition) is 3. The van der Waals surface area contributed by atoms with Crippen LogP contribution in [0.1, 0.15) is 53.2 Å². The molecule has 2 aromatic rings. The van der Waals surface area contributed by atoms with Crippen molar-refractivity contribution in [2.75, 3.05) is 11.9 Å². The van der Waals surface area contributed by atoms with Crippen LogP contribution in [0.25, 0.3) is 0 Å². The van der Waals surface area contributed by atoms with E-state index in [1.807, 2.05) is 13.8 Å². The van der Waals surface area contributed by atoms with Crippen molar-refractivity contribution in [3.05, 3.63) is 46.2 Å². The number of aromatic amines is 1. The number of amides is 2. The third kappa shape index (κ3) is 4.58. The molecule has 0 saturated carbocycles. The molecule has 1 aromatic heterocycles. The summed E-state index contributed by atoms with van der Waals surface area (Å²) < 4.78 is 0. The van der Waals surface area contributed by atoms with Crippen LogP contribution in [0.4, 0.5) is 5.69 Å². The molecule has 0 spiro atoms. The average Bonchev–Trinajstić information content (AvgIpc) is 3.02. The summed E-state index contributed by atoms with van der Waals surface area (Å²) in [6.45, 7) is 4.58. The van der Waals surface area contributed by atoms with Crippen LogP contribution in [0.2, 0.25) is 5.02 Å². The topological polar surface area (TPSA) is 86.9 Å². The molecule has 0 atom stereocenters. The first kappa shape index (κ1) is 18.0. The maximum absolute atomic E-state index is 12.4. The lowest BCUT2D eigenvalue weighted by Crippen LogP contribution is -2.26. The number of halogens is 1. The van der Waals surface area contributed by atoms with Crippen LogP contribution in [0.3, 0.4) is 0 Å². The predicted molar refractivity (Wildman–Crippen MR) is 94.6 cm³/mol. The monoisotopic (exact) mass is 348 g/mol. The normalized spacial score (nSPS) is 10.5. The van der Waals surface area contributed by atoms with Gasteiger partial charge in [-0.1, -0.05) is 31.9 Å². The van der Waals surface area contributed by atoms with Crippen LogP contribution in [0.15, 0.2) is 24.3 Å². The van der Waals surface area contributed by atoms with Gasteiger partial charge in [-0.2, -0.15) is 5.10 Å². The molecular weight excluding hydrogens is 328 g/mol. The summed E-state index contributed by atoms with van der Waals surface area (Å²) in [6.07, 6.45) is 2.61. The highest BCUT2D eigenvalue weighted by atomic mass is 35.5. The van der Waals surface area contributed by atoms with Crippen molar-refractivity contribution in [2.24, 2.45) is 0 Å². The standard InChI is InChI=1S/C17H21ClN4O2/c1-3-5-12-10-15(22-21-12)17(24)20-14-9-11(18)6-7-13(14)16(23)19-8-4-2/h6-7,9-10H,3-5,8H2,1-2H3,(H,19,23)(H,20,24)(H,21,22). The summed E-state index contributed by atoms with van der Waals surface area (Å²) in [5.74, 6) is -0.641. The van der Waals surface area contributed by atoms with E-state index >= 15 is 0 Å². The summed E-state index contributed by atoms with van der Waals surface area (Å²) in [4.78, 5) is 24.6. The van der Waals surface area contributed by atoms with Crippen molar-refractivity contribution in [1.29, 1.82) is 0 Å². The molecule has 7 heteroatoms. The zero-order valence-corrected chi connectivity index (χ0v) is 14.5. The van der Waals surface area contributed by atoms with E-state index in [0.717, 1.165) is 25.0 Å². The molecule has 128 valence electrons. The molecule has 3 N–H and O–H groups in total. The minimum atomic E-state index is -0.389. The molecule has 0 saturated heterocycles. The molecule has 0 aliphatic carbocycles.